The summed E-state index contributed by atoms with van der Waals surface area (Å²) in [6.07, 6.45) is 2.53. The van der Waals surface area contributed by atoms with Crippen LogP contribution in [0, 0.1) is 11.8 Å². The Morgan fingerprint density at radius 2 is 1.85 bits per heavy atom. The van der Waals surface area contributed by atoms with E-state index in [1.54, 1.807) is 26.0 Å². The summed E-state index contributed by atoms with van der Waals surface area (Å²) >= 11 is 0. The summed E-state index contributed by atoms with van der Waals surface area (Å²) in [5, 5.41) is 11.5. The zero-order chi connectivity index (χ0) is 24.1. The smallest absolute Gasteiger partial charge is 0.348 e. The summed E-state index contributed by atoms with van der Waals surface area (Å²) in [4.78, 5) is 28.7. The van der Waals surface area contributed by atoms with Gasteiger partial charge in [-0.25, -0.2) is 4.79 Å². The van der Waals surface area contributed by atoms with E-state index in [0.717, 1.165) is 36.0 Å². The molecule has 0 radical (unpaired) electrons. The number of nitrogens with zero attached hydrogens (tertiary/aromatic N) is 1. The number of fused-ring (bicyclic) bond motifs is 1. The van der Waals surface area contributed by atoms with Crippen LogP contribution in [-0.4, -0.2) is 48.3 Å². The van der Waals surface area contributed by atoms with E-state index in [1.807, 2.05) is 42.5 Å². The van der Waals surface area contributed by atoms with Gasteiger partial charge in [0, 0.05) is 13.0 Å². The lowest BCUT2D eigenvalue weighted by atomic mass is 9.62. The third kappa shape index (κ3) is 3.13. The van der Waals surface area contributed by atoms with Crippen LogP contribution in [-0.2, 0) is 32.8 Å². The molecule has 1 saturated carbocycles. The molecule has 7 heteroatoms. The molecule has 0 aromatic heterocycles. The van der Waals surface area contributed by atoms with Gasteiger partial charge in [0.05, 0.1) is 26.4 Å². The molecule has 7 nitrogen and oxygen atoms in total. The monoisotopic (exact) mass is 465 g/mol. The highest BCUT2D eigenvalue weighted by molar-refractivity contribution is 6.07. The number of rotatable bonds is 6. The normalized spacial score (nSPS) is 29.3. The molecule has 2 aromatic rings. The molecule has 180 valence electrons. The maximum Gasteiger partial charge on any atom is 0.348 e. The Hall–Kier alpha value is -3.06. The maximum atomic E-state index is 14.0. The lowest BCUT2D eigenvalue weighted by molar-refractivity contribution is -0.195. The lowest BCUT2D eigenvalue weighted by Gasteiger charge is -2.56. The van der Waals surface area contributed by atoms with Crippen molar-refractivity contribution in [3.8, 4) is 11.5 Å². The molecule has 1 saturated heterocycles. The first kappa shape index (κ1) is 22.7. The number of methoxy groups -OCH3 is 2. The van der Waals surface area contributed by atoms with Crippen molar-refractivity contribution in [3.05, 3.63) is 59.2 Å². The summed E-state index contributed by atoms with van der Waals surface area (Å²) < 4.78 is 16.4. The summed E-state index contributed by atoms with van der Waals surface area (Å²) in [5.74, 6) is -0.0139. The number of hydrogen-bond donors (Lipinski definition) is 1. The number of ether oxygens (including phenoxy) is 3. The van der Waals surface area contributed by atoms with Crippen molar-refractivity contribution in [1.29, 1.82) is 0 Å². The molecule has 2 aliphatic carbocycles. The molecule has 1 amide bonds. The molecule has 2 fully saturated rings. The van der Waals surface area contributed by atoms with Crippen molar-refractivity contribution in [3.63, 3.8) is 0 Å². The van der Waals surface area contributed by atoms with E-state index in [1.165, 1.54) is 0 Å². The van der Waals surface area contributed by atoms with Crippen LogP contribution in [0.5, 0.6) is 11.5 Å². The van der Waals surface area contributed by atoms with E-state index in [9.17, 15) is 14.7 Å². The number of amides is 1. The van der Waals surface area contributed by atoms with Crippen LogP contribution in [0.4, 0.5) is 0 Å². The lowest BCUT2D eigenvalue weighted by Crippen LogP contribution is -2.68. The highest BCUT2D eigenvalue weighted by atomic mass is 16.6. The summed E-state index contributed by atoms with van der Waals surface area (Å²) in [6.45, 7) is 2.07. The van der Waals surface area contributed by atoms with Gasteiger partial charge in [0.15, 0.2) is 11.5 Å². The molecular weight excluding hydrogens is 434 g/mol. The van der Waals surface area contributed by atoms with Gasteiger partial charge in [-0.3, -0.25) is 4.79 Å². The van der Waals surface area contributed by atoms with Gasteiger partial charge >= 0.3 is 5.97 Å². The Bertz CT molecular complexity index is 1120. The predicted octanol–water partition coefficient (Wildman–Crippen LogP) is 3.21. The van der Waals surface area contributed by atoms with Gasteiger partial charge < -0.3 is 24.2 Å². The zero-order valence-electron chi connectivity index (χ0n) is 19.9. The Balaban J connectivity index is 1.70. The van der Waals surface area contributed by atoms with E-state index in [2.05, 4.69) is 0 Å². The minimum Gasteiger partial charge on any atom is -0.493 e. The first-order chi connectivity index (χ1) is 16.4. The zero-order valence-corrected chi connectivity index (χ0v) is 19.9. The van der Waals surface area contributed by atoms with Crippen molar-refractivity contribution in [2.24, 2.45) is 11.8 Å². The van der Waals surface area contributed by atoms with Gasteiger partial charge in [0.1, 0.15) is 0 Å². The fourth-order valence-electron chi connectivity index (χ4n) is 6.56. The van der Waals surface area contributed by atoms with Crippen LogP contribution in [0.2, 0.25) is 0 Å². The first-order valence-electron chi connectivity index (χ1n) is 11.9. The SMILES string of the molecule is CCOC(=O)[C@]1(O)C[C@@H]2[C@H]3CC[C@@]2(c2cc(OC)c(OC)cc2C3)N(Cc2ccccc2)C1=O. The molecule has 0 unspecified atom stereocenters. The van der Waals surface area contributed by atoms with Gasteiger partial charge in [0.25, 0.3) is 5.91 Å². The predicted molar refractivity (Wildman–Crippen MR) is 124 cm³/mol. The topological polar surface area (TPSA) is 85.3 Å². The van der Waals surface area contributed by atoms with Crippen LogP contribution >= 0.6 is 0 Å². The number of esters is 1. The Morgan fingerprint density at radius 3 is 2.53 bits per heavy atom. The van der Waals surface area contributed by atoms with E-state index in [0.29, 0.717) is 18.0 Å². The van der Waals surface area contributed by atoms with Crippen molar-refractivity contribution in [2.45, 2.75) is 50.3 Å². The summed E-state index contributed by atoms with van der Waals surface area (Å²) in [7, 11) is 3.22. The standard InChI is InChI=1S/C27H31NO6/c1-4-34-25(30)27(31)15-21-18-10-11-26(21,28(24(27)29)16-17-8-6-5-7-9-17)20-14-23(33-3)22(32-2)13-19(20)12-18/h5-9,13-14,18,21,31H,4,10-12,15-16H2,1-3H3/t18-,21+,26-,27-/m0/s1. The molecule has 2 bridgehead atoms. The number of aliphatic hydroxyl groups is 1. The molecule has 34 heavy (non-hydrogen) atoms. The number of likely N-dealkylation sites (tertiary alicyclic amines) is 1. The van der Waals surface area contributed by atoms with Gasteiger partial charge in [-0.2, -0.15) is 0 Å². The second-order valence-electron chi connectivity index (χ2n) is 9.56. The van der Waals surface area contributed by atoms with Crippen molar-refractivity contribution >= 4 is 11.9 Å². The second kappa shape index (κ2) is 8.31. The van der Waals surface area contributed by atoms with Crippen LogP contribution in [0.3, 0.4) is 0 Å². The van der Waals surface area contributed by atoms with Crippen molar-refractivity contribution in [2.75, 3.05) is 20.8 Å². The summed E-state index contributed by atoms with van der Waals surface area (Å²) in [5.41, 5.74) is 0.273. The van der Waals surface area contributed by atoms with E-state index < -0.39 is 23.0 Å². The highest BCUT2D eigenvalue weighted by Crippen LogP contribution is 2.62. The van der Waals surface area contributed by atoms with Gasteiger partial charge in [-0.15, -0.1) is 0 Å². The third-order valence-electron chi connectivity index (χ3n) is 8.03. The van der Waals surface area contributed by atoms with Crippen LogP contribution in [0.1, 0.15) is 42.9 Å². The maximum absolute atomic E-state index is 14.0. The van der Waals surface area contributed by atoms with Gasteiger partial charge in [-0.1, -0.05) is 30.3 Å². The first-order valence-corrected chi connectivity index (χ1v) is 11.9. The van der Waals surface area contributed by atoms with E-state index >= 15 is 0 Å². The van der Waals surface area contributed by atoms with Crippen molar-refractivity contribution in [1.82, 2.24) is 4.90 Å². The third-order valence-corrected chi connectivity index (χ3v) is 8.03. The Labute approximate surface area is 199 Å². The Kier molecular flexibility index (Phi) is 5.55. The molecule has 1 aliphatic heterocycles. The molecule has 0 spiro atoms. The quantitative estimate of drug-likeness (QED) is 0.521. The number of carbonyl (C=O) groups is 2. The largest absolute Gasteiger partial charge is 0.493 e. The fourth-order valence-corrected chi connectivity index (χ4v) is 6.56. The number of benzene rings is 2. The Morgan fingerprint density at radius 1 is 1.15 bits per heavy atom. The molecule has 5 rings (SSSR count). The number of piperidine rings is 1. The minimum atomic E-state index is -2.18. The number of hydrogen-bond acceptors (Lipinski definition) is 6. The molecule has 1 N–H and O–H groups in total. The van der Waals surface area contributed by atoms with Crippen LogP contribution in [0.25, 0.3) is 0 Å². The highest BCUT2D eigenvalue weighted by Gasteiger charge is 2.67. The van der Waals surface area contributed by atoms with Gasteiger partial charge in [-0.05, 0) is 66.8 Å². The fraction of sp³-hybridized carbons (Fsp3) is 0.481. The van der Waals surface area contributed by atoms with Gasteiger partial charge in [0.2, 0.25) is 5.60 Å². The molecule has 2 aromatic carbocycles. The molecule has 1 heterocycles. The molecule has 4 atom stereocenters. The molecule has 3 aliphatic rings. The van der Waals surface area contributed by atoms with E-state index in [-0.39, 0.29) is 24.9 Å². The number of carbonyl (C=O) groups excluding carboxylic acids is 2. The van der Waals surface area contributed by atoms with Crippen LogP contribution < -0.4 is 9.47 Å². The average Bonchev–Trinajstić information content (AvgIpc) is 3.11. The second-order valence-corrected chi connectivity index (χ2v) is 9.56. The average molecular weight is 466 g/mol. The minimum absolute atomic E-state index is 0.0639. The van der Waals surface area contributed by atoms with Crippen molar-refractivity contribution < 1.29 is 28.9 Å². The summed E-state index contributed by atoms with van der Waals surface area (Å²) in [6, 6.07) is 13.7. The molecular formula is C27H31NO6. The van der Waals surface area contributed by atoms with Crippen LogP contribution in [0.15, 0.2) is 42.5 Å². The van der Waals surface area contributed by atoms with E-state index in [4.69, 9.17) is 14.2 Å².